The van der Waals surface area contributed by atoms with Gasteiger partial charge in [0.2, 0.25) is 0 Å². The number of nitrogens with zero attached hydrogens (tertiary/aromatic N) is 3. The number of hydrogen-bond acceptors (Lipinski definition) is 5. The Morgan fingerprint density at radius 3 is 2.64 bits per heavy atom. The van der Waals surface area contributed by atoms with Gasteiger partial charge in [-0.3, -0.25) is 4.79 Å². The summed E-state index contributed by atoms with van der Waals surface area (Å²) >= 11 is 0. The second-order valence-corrected chi connectivity index (χ2v) is 5.03. The third-order valence-corrected chi connectivity index (χ3v) is 3.31. The van der Waals surface area contributed by atoms with E-state index >= 15 is 0 Å². The van der Waals surface area contributed by atoms with Crippen molar-refractivity contribution in [3.63, 3.8) is 0 Å². The van der Waals surface area contributed by atoms with Gasteiger partial charge in [-0.15, -0.1) is 0 Å². The maximum Gasteiger partial charge on any atom is 0.310 e. The molecule has 1 atom stereocenters. The van der Waals surface area contributed by atoms with Crippen molar-refractivity contribution in [3.05, 3.63) is 30.1 Å². The molecule has 0 aliphatic rings. The number of benzene rings is 1. The summed E-state index contributed by atoms with van der Waals surface area (Å²) in [5.41, 5.74) is 0.445. The quantitative estimate of drug-likeness (QED) is 0.795. The van der Waals surface area contributed by atoms with Crippen LogP contribution in [0.15, 0.2) is 24.3 Å². The van der Waals surface area contributed by atoms with Crippen LogP contribution < -0.4 is 4.90 Å². The number of methoxy groups -OCH3 is 1. The average molecular weight is 309 g/mol. The van der Waals surface area contributed by atoms with Gasteiger partial charge in [0.25, 0.3) is 6.43 Å². The van der Waals surface area contributed by atoms with Crippen molar-refractivity contribution in [1.29, 1.82) is 0 Å². The van der Waals surface area contributed by atoms with Crippen LogP contribution in [0.2, 0.25) is 0 Å². The Balaban J connectivity index is 2.42. The molecule has 22 heavy (non-hydrogen) atoms. The molecule has 0 spiro atoms. The van der Waals surface area contributed by atoms with Crippen LogP contribution in [0.3, 0.4) is 0 Å². The van der Waals surface area contributed by atoms with E-state index in [9.17, 15) is 13.6 Å². The maximum absolute atomic E-state index is 13.0. The Kier molecular flexibility index (Phi) is 4.85. The zero-order valence-electron chi connectivity index (χ0n) is 12.6. The number of anilines is 1. The van der Waals surface area contributed by atoms with Crippen LogP contribution in [0.1, 0.15) is 19.2 Å². The average Bonchev–Trinajstić information content (AvgIpc) is 2.52. The molecule has 0 N–H and O–H groups in total. The van der Waals surface area contributed by atoms with E-state index in [2.05, 4.69) is 14.7 Å². The molecule has 5 nitrogen and oxygen atoms in total. The number of carbonyl (C=O) groups is 1. The summed E-state index contributed by atoms with van der Waals surface area (Å²) in [5, 5.41) is 0.659. The number of esters is 1. The number of fused-ring (bicyclic) bond motifs is 1. The predicted octanol–water partition coefficient (Wildman–Crippen LogP) is 2.81. The van der Waals surface area contributed by atoms with E-state index in [0.29, 0.717) is 23.3 Å². The van der Waals surface area contributed by atoms with Crippen molar-refractivity contribution in [2.75, 3.05) is 25.6 Å². The summed E-state index contributed by atoms with van der Waals surface area (Å²) in [7, 11) is 3.01. The number of halogens is 2. The van der Waals surface area contributed by atoms with Gasteiger partial charge in [-0.1, -0.05) is 19.1 Å². The molecule has 0 fully saturated rings. The van der Waals surface area contributed by atoms with Gasteiger partial charge >= 0.3 is 5.97 Å². The summed E-state index contributed by atoms with van der Waals surface area (Å²) in [6.45, 7) is 2.01. The molecule has 0 saturated heterocycles. The van der Waals surface area contributed by atoms with E-state index in [4.69, 9.17) is 0 Å². The highest BCUT2D eigenvalue weighted by molar-refractivity contribution is 5.89. The number of para-hydroxylation sites is 1. The van der Waals surface area contributed by atoms with Crippen molar-refractivity contribution in [3.8, 4) is 0 Å². The zero-order chi connectivity index (χ0) is 16.3. The molecule has 0 amide bonds. The molecule has 0 aliphatic heterocycles. The molecule has 0 aliphatic carbocycles. The molecule has 2 rings (SSSR count). The molecule has 0 saturated carbocycles. The minimum atomic E-state index is -2.75. The number of hydrogen-bond donors (Lipinski definition) is 0. The first-order valence-corrected chi connectivity index (χ1v) is 6.77. The van der Waals surface area contributed by atoms with Crippen LogP contribution in [-0.4, -0.2) is 36.6 Å². The Labute approximate surface area is 126 Å². The van der Waals surface area contributed by atoms with Crippen molar-refractivity contribution < 1.29 is 18.3 Å². The normalized spacial score (nSPS) is 12.5. The van der Waals surface area contributed by atoms with Crippen LogP contribution in [0.4, 0.5) is 14.6 Å². The highest BCUT2D eigenvalue weighted by Crippen LogP contribution is 2.26. The lowest BCUT2D eigenvalue weighted by molar-refractivity contribution is -0.144. The highest BCUT2D eigenvalue weighted by atomic mass is 19.3. The van der Waals surface area contributed by atoms with Gasteiger partial charge in [0, 0.05) is 19.0 Å². The van der Waals surface area contributed by atoms with Crippen molar-refractivity contribution in [1.82, 2.24) is 9.97 Å². The molecular weight excluding hydrogens is 292 g/mol. The molecule has 7 heteroatoms. The van der Waals surface area contributed by atoms with Crippen molar-refractivity contribution in [2.24, 2.45) is 5.92 Å². The SMILES string of the molecule is COC(=O)C(C)CN(C)c1nc(C(F)F)nc2ccccc12. The Morgan fingerprint density at radius 2 is 2.00 bits per heavy atom. The highest BCUT2D eigenvalue weighted by Gasteiger charge is 2.20. The van der Waals surface area contributed by atoms with Crippen molar-refractivity contribution >= 4 is 22.7 Å². The molecule has 0 bridgehead atoms. The minimum Gasteiger partial charge on any atom is -0.469 e. The molecule has 2 aromatic rings. The molecule has 1 heterocycles. The fraction of sp³-hybridized carbons (Fsp3) is 0.400. The predicted molar refractivity (Wildman–Crippen MR) is 78.9 cm³/mol. The second kappa shape index (κ2) is 6.64. The molecule has 1 unspecified atom stereocenters. The molecule has 1 aromatic carbocycles. The number of carbonyl (C=O) groups excluding carboxylic acids is 1. The van der Waals surface area contributed by atoms with Gasteiger partial charge in [-0.2, -0.15) is 0 Å². The monoisotopic (exact) mass is 309 g/mol. The summed E-state index contributed by atoms with van der Waals surface area (Å²) < 4.78 is 30.6. The molecule has 0 radical (unpaired) electrons. The summed E-state index contributed by atoms with van der Waals surface area (Å²) in [6.07, 6.45) is -2.75. The first-order valence-electron chi connectivity index (χ1n) is 6.77. The topological polar surface area (TPSA) is 55.3 Å². The van der Waals surface area contributed by atoms with Crippen LogP contribution in [-0.2, 0) is 9.53 Å². The van der Waals surface area contributed by atoms with Crippen LogP contribution >= 0.6 is 0 Å². The molecule has 1 aromatic heterocycles. The Hall–Kier alpha value is -2.31. The van der Waals surface area contributed by atoms with E-state index < -0.39 is 18.2 Å². The lowest BCUT2D eigenvalue weighted by Gasteiger charge is -2.23. The van der Waals surface area contributed by atoms with Gasteiger partial charge in [0.1, 0.15) is 5.82 Å². The Morgan fingerprint density at radius 1 is 1.32 bits per heavy atom. The summed E-state index contributed by atoms with van der Waals surface area (Å²) in [6, 6.07) is 6.93. The lowest BCUT2D eigenvalue weighted by atomic mass is 10.1. The van der Waals surface area contributed by atoms with Gasteiger partial charge in [-0.05, 0) is 12.1 Å². The maximum atomic E-state index is 13.0. The van der Waals surface area contributed by atoms with Crippen LogP contribution in [0.5, 0.6) is 0 Å². The van der Waals surface area contributed by atoms with Crippen LogP contribution in [0, 0.1) is 5.92 Å². The number of ether oxygens (including phenoxy) is 1. The largest absolute Gasteiger partial charge is 0.469 e. The Bertz CT molecular complexity index is 679. The third-order valence-electron chi connectivity index (χ3n) is 3.31. The smallest absolute Gasteiger partial charge is 0.310 e. The van der Waals surface area contributed by atoms with Gasteiger partial charge < -0.3 is 9.64 Å². The molecule has 118 valence electrons. The van der Waals surface area contributed by atoms with E-state index in [1.807, 2.05) is 0 Å². The zero-order valence-corrected chi connectivity index (χ0v) is 12.6. The van der Waals surface area contributed by atoms with Gasteiger partial charge in [0.05, 0.1) is 18.5 Å². The summed E-state index contributed by atoms with van der Waals surface area (Å²) in [5.74, 6) is -0.916. The van der Waals surface area contributed by atoms with E-state index in [1.165, 1.54) is 7.11 Å². The fourth-order valence-corrected chi connectivity index (χ4v) is 2.24. The number of rotatable bonds is 5. The van der Waals surface area contributed by atoms with Gasteiger partial charge in [0.15, 0.2) is 5.82 Å². The van der Waals surface area contributed by atoms with E-state index in [0.717, 1.165) is 0 Å². The lowest BCUT2D eigenvalue weighted by Crippen LogP contribution is -2.30. The number of alkyl halides is 2. The van der Waals surface area contributed by atoms with Crippen LogP contribution in [0.25, 0.3) is 10.9 Å². The molecular formula is C15H17F2N3O2. The number of aromatic nitrogens is 2. The first kappa shape index (κ1) is 16.1. The van der Waals surface area contributed by atoms with E-state index in [-0.39, 0.29) is 5.97 Å². The van der Waals surface area contributed by atoms with Gasteiger partial charge in [-0.25, -0.2) is 18.7 Å². The first-order chi connectivity index (χ1) is 10.4. The summed E-state index contributed by atoms with van der Waals surface area (Å²) in [4.78, 5) is 21.0. The minimum absolute atomic E-state index is 0.302. The fourth-order valence-electron chi connectivity index (χ4n) is 2.24. The standard InChI is InChI=1S/C15H17F2N3O2/c1-9(15(21)22-3)8-20(2)14-10-6-4-5-7-11(10)18-13(19-14)12(16)17/h4-7,9,12H,8H2,1-3H3. The second-order valence-electron chi connectivity index (χ2n) is 5.03. The third kappa shape index (κ3) is 3.29. The van der Waals surface area contributed by atoms with Crippen molar-refractivity contribution in [2.45, 2.75) is 13.3 Å². The van der Waals surface area contributed by atoms with E-state index in [1.54, 1.807) is 43.1 Å².